The molecule has 1 saturated heterocycles. The van der Waals surface area contributed by atoms with Gasteiger partial charge in [-0.3, -0.25) is 0 Å². The highest BCUT2D eigenvalue weighted by Gasteiger charge is 2.28. The molecule has 26 heavy (non-hydrogen) atoms. The molecule has 1 unspecified atom stereocenters. The maximum Gasteiger partial charge on any atom is 0.334 e. The van der Waals surface area contributed by atoms with E-state index in [4.69, 9.17) is 14.2 Å². The van der Waals surface area contributed by atoms with Gasteiger partial charge in [-0.05, 0) is 28.8 Å². The summed E-state index contributed by atoms with van der Waals surface area (Å²) in [7, 11) is 0. The second-order valence-corrected chi connectivity index (χ2v) is 5.78. The van der Waals surface area contributed by atoms with E-state index >= 15 is 0 Å². The molecule has 1 atom stereocenters. The van der Waals surface area contributed by atoms with Crippen LogP contribution < -0.4 is 4.74 Å². The fraction of sp³-hybridized carbons (Fsp3) is 0.143. The largest absolute Gasteiger partial charge is 0.457 e. The fourth-order valence-electron chi connectivity index (χ4n) is 2.60. The SMILES string of the molecule is C=CC(=O)OCOc1ccc(-c2ccc(C3CC(=C)C(=O)O3)cc2)cc1. The molecular weight excluding hydrogens is 332 g/mol. The third-order valence-electron chi connectivity index (χ3n) is 4.03. The van der Waals surface area contributed by atoms with Gasteiger partial charge in [-0.25, -0.2) is 9.59 Å². The molecular formula is C21H18O5. The quantitative estimate of drug-likeness (QED) is 0.448. The van der Waals surface area contributed by atoms with Crippen LogP contribution in [0, 0.1) is 0 Å². The Labute approximate surface area is 151 Å². The molecule has 0 radical (unpaired) electrons. The average molecular weight is 350 g/mol. The van der Waals surface area contributed by atoms with Gasteiger partial charge in [-0.15, -0.1) is 0 Å². The molecule has 0 aliphatic carbocycles. The van der Waals surface area contributed by atoms with E-state index in [0.29, 0.717) is 17.7 Å². The van der Waals surface area contributed by atoms with Gasteiger partial charge in [0.15, 0.2) is 0 Å². The van der Waals surface area contributed by atoms with E-state index < -0.39 is 5.97 Å². The van der Waals surface area contributed by atoms with Crippen LogP contribution in [0.5, 0.6) is 5.75 Å². The summed E-state index contributed by atoms with van der Waals surface area (Å²) in [6.07, 6.45) is 1.36. The number of carbonyl (C=O) groups is 2. The molecule has 0 amide bonds. The lowest BCUT2D eigenvalue weighted by Crippen LogP contribution is -2.07. The Morgan fingerprint density at radius 3 is 2.27 bits per heavy atom. The minimum Gasteiger partial charge on any atom is -0.457 e. The highest BCUT2D eigenvalue weighted by Crippen LogP contribution is 2.33. The number of hydrogen-bond acceptors (Lipinski definition) is 5. The normalized spacial score (nSPS) is 16.1. The van der Waals surface area contributed by atoms with Crippen molar-refractivity contribution in [3.8, 4) is 16.9 Å². The first-order valence-electron chi connectivity index (χ1n) is 8.08. The van der Waals surface area contributed by atoms with Crippen LogP contribution in [0.2, 0.25) is 0 Å². The zero-order valence-electron chi connectivity index (χ0n) is 14.1. The molecule has 0 aromatic heterocycles. The average Bonchev–Trinajstić information content (AvgIpc) is 3.01. The predicted molar refractivity (Wildman–Crippen MR) is 96.3 cm³/mol. The van der Waals surface area contributed by atoms with Gasteiger partial charge in [-0.2, -0.15) is 0 Å². The third kappa shape index (κ3) is 4.00. The minimum atomic E-state index is -0.529. The van der Waals surface area contributed by atoms with Crippen LogP contribution >= 0.6 is 0 Å². The fourth-order valence-corrected chi connectivity index (χ4v) is 2.60. The molecule has 0 spiro atoms. The zero-order valence-corrected chi connectivity index (χ0v) is 14.1. The summed E-state index contributed by atoms with van der Waals surface area (Å²) >= 11 is 0. The highest BCUT2D eigenvalue weighted by atomic mass is 16.7. The van der Waals surface area contributed by atoms with Crippen molar-refractivity contribution >= 4 is 11.9 Å². The van der Waals surface area contributed by atoms with Gasteiger partial charge < -0.3 is 14.2 Å². The summed E-state index contributed by atoms with van der Waals surface area (Å²) in [4.78, 5) is 22.4. The van der Waals surface area contributed by atoms with Crippen LogP contribution in [-0.2, 0) is 19.1 Å². The first-order valence-corrected chi connectivity index (χ1v) is 8.08. The molecule has 0 bridgehead atoms. The summed E-state index contributed by atoms with van der Waals surface area (Å²) in [6, 6.07) is 15.3. The van der Waals surface area contributed by atoms with E-state index in [1.54, 1.807) is 12.1 Å². The topological polar surface area (TPSA) is 61.8 Å². The Hall–Kier alpha value is -3.34. The molecule has 1 fully saturated rings. The number of cyclic esters (lactones) is 1. The van der Waals surface area contributed by atoms with Gasteiger partial charge in [0, 0.05) is 18.1 Å². The van der Waals surface area contributed by atoms with E-state index in [1.807, 2.05) is 36.4 Å². The van der Waals surface area contributed by atoms with Crippen molar-refractivity contribution in [3.63, 3.8) is 0 Å². The molecule has 1 aliphatic heterocycles. The van der Waals surface area contributed by atoms with Crippen molar-refractivity contribution in [1.29, 1.82) is 0 Å². The van der Waals surface area contributed by atoms with Crippen LogP contribution in [0.4, 0.5) is 0 Å². The van der Waals surface area contributed by atoms with Gasteiger partial charge in [0.2, 0.25) is 6.79 Å². The van der Waals surface area contributed by atoms with Gasteiger partial charge in [0.1, 0.15) is 11.9 Å². The number of rotatable bonds is 6. The highest BCUT2D eigenvalue weighted by molar-refractivity contribution is 5.90. The first-order chi connectivity index (χ1) is 12.6. The van der Waals surface area contributed by atoms with Crippen molar-refractivity contribution in [1.82, 2.24) is 0 Å². The molecule has 0 saturated carbocycles. The van der Waals surface area contributed by atoms with Crippen molar-refractivity contribution in [3.05, 3.63) is 78.9 Å². The van der Waals surface area contributed by atoms with Gasteiger partial charge in [0.05, 0.1) is 0 Å². The minimum absolute atomic E-state index is 0.162. The third-order valence-corrected chi connectivity index (χ3v) is 4.03. The predicted octanol–water partition coefficient (Wildman–Crippen LogP) is 3.96. The van der Waals surface area contributed by atoms with Gasteiger partial charge >= 0.3 is 11.9 Å². The van der Waals surface area contributed by atoms with Crippen molar-refractivity contribution in [2.75, 3.05) is 6.79 Å². The van der Waals surface area contributed by atoms with E-state index in [-0.39, 0.29) is 18.9 Å². The van der Waals surface area contributed by atoms with Crippen LogP contribution in [0.1, 0.15) is 18.1 Å². The monoisotopic (exact) mass is 350 g/mol. The van der Waals surface area contributed by atoms with E-state index in [0.717, 1.165) is 22.8 Å². The molecule has 1 aliphatic rings. The van der Waals surface area contributed by atoms with Gasteiger partial charge in [-0.1, -0.05) is 49.6 Å². The lowest BCUT2D eigenvalue weighted by molar-refractivity contribution is -0.144. The second-order valence-electron chi connectivity index (χ2n) is 5.78. The van der Waals surface area contributed by atoms with E-state index in [9.17, 15) is 9.59 Å². The van der Waals surface area contributed by atoms with Crippen LogP contribution in [0.15, 0.2) is 73.3 Å². The van der Waals surface area contributed by atoms with Crippen LogP contribution in [0.3, 0.4) is 0 Å². The van der Waals surface area contributed by atoms with Crippen molar-refractivity contribution in [2.45, 2.75) is 12.5 Å². The molecule has 0 N–H and O–H groups in total. The Kier molecular flexibility index (Phi) is 5.17. The summed E-state index contributed by atoms with van der Waals surface area (Å²) in [5.74, 6) is -0.259. The van der Waals surface area contributed by atoms with E-state index in [1.165, 1.54) is 0 Å². The molecule has 1 heterocycles. The Morgan fingerprint density at radius 1 is 1.12 bits per heavy atom. The number of benzene rings is 2. The molecule has 132 valence electrons. The van der Waals surface area contributed by atoms with Crippen LogP contribution in [-0.4, -0.2) is 18.7 Å². The van der Waals surface area contributed by atoms with E-state index in [2.05, 4.69) is 13.2 Å². The zero-order chi connectivity index (χ0) is 18.5. The lowest BCUT2D eigenvalue weighted by atomic mass is 10.00. The first kappa shape index (κ1) is 17.5. The summed E-state index contributed by atoms with van der Waals surface area (Å²) in [6.45, 7) is 6.85. The van der Waals surface area contributed by atoms with Gasteiger partial charge in [0.25, 0.3) is 0 Å². The Balaban J connectivity index is 1.62. The van der Waals surface area contributed by atoms with Crippen molar-refractivity contribution < 1.29 is 23.8 Å². The summed E-state index contributed by atoms with van der Waals surface area (Å²) in [5.41, 5.74) is 3.50. The Morgan fingerprint density at radius 2 is 1.73 bits per heavy atom. The second kappa shape index (κ2) is 7.70. The lowest BCUT2D eigenvalue weighted by Gasteiger charge is -2.10. The number of esters is 2. The maximum absolute atomic E-state index is 11.4. The molecule has 5 nitrogen and oxygen atoms in total. The molecule has 2 aromatic carbocycles. The summed E-state index contributed by atoms with van der Waals surface area (Å²) in [5, 5.41) is 0. The summed E-state index contributed by atoms with van der Waals surface area (Å²) < 4.78 is 15.4. The standard InChI is InChI=1S/C21H18O5/c1-3-20(22)25-13-24-18-10-8-16(9-11-18)15-4-6-17(7-5-15)19-12-14(2)21(23)26-19/h3-11,19H,1-2,12-13H2. The maximum atomic E-state index is 11.4. The molecule has 3 rings (SSSR count). The molecule has 2 aromatic rings. The number of carbonyl (C=O) groups excluding carboxylic acids is 2. The number of hydrogen-bond donors (Lipinski definition) is 0. The number of ether oxygens (including phenoxy) is 3. The smallest absolute Gasteiger partial charge is 0.334 e. The van der Waals surface area contributed by atoms with Crippen molar-refractivity contribution in [2.24, 2.45) is 0 Å². The van der Waals surface area contributed by atoms with Crippen LogP contribution in [0.25, 0.3) is 11.1 Å². The Bertz CT molecular complexity index is 818. The molecule has 5 heteroatoms.